The number of fused-ring (bicyclic) bond motifs is 1. The topological polar surface area (TPSA) is 0 Å². The summed E-state index contributed by atoms with van der Waals surface area (Å²) in [7, 11) is 0. The Kier molecular flexibility index (Phi) is 1.10. The van der Waals surface area contributed by atoms with Gasteiger partial charge < -0.3 is 0 Å². The lowest BCUT2D eigenvalue weighted by molar-refractivity contribution is 0.762. The Morgan fingerprint density at radius 2 is 2.40 bits per heavy atom. The molecule has 0 saturated carbocycles. The highest BCUT2D eigenvalue weighted by Crippen LogP contribution is 2.26. The third-order valence-corrected chi connectivity index (χ3v) is 1.71. The third kappa shape index (κ3) is 0.670. The number of allylic oxidation sites excluding steroid dienone is 1. The molecule has 0 saturated heterocycles. The van der Waals surface area contributed by atoms with Gasteiger partial charge in [-0.2, -0.15) is 0 Å². The van der Waals surface area contributed by atoms with E-state index < -0.39 is 0 Å². The minimum atomic E-state index is -0.105. The zero-order valence-electron chi connectivity index (χ0n) is 5.39. The number of hydrogen-bond donors (Lipinski definition) is 0. The summed E-state index contributed by atoms with van der Waals surface area (Å²) in [6.07, 6.45) is 2.33. The molecule has 0 atom stereocenters. The maximum Gasteiger partial charge on any atom is 0.127 e. The molecular formula is C9H6F. The van der Waals surface area contributed by atoms with Crippen LogP contribution in [0.5, 0.6) is 0 Å². The number of hydrogen-bond acceptors (Lipinski definition) is 0. The van der Waals surface area contributed by atoms with E-state index in [1.165, 1.54) is 0 Å². The van der Waals surface area contributed by atoms with Crippen molar-refractivity contribution in [3.8, 4) is 0 Å². The van der Waals surface area contributed by atoms with Crippen molar-refractivity contribution in [3.05, 3.63) is 41.5 Å². The van der Waals surface area contributed by atoms with Crippen molar-refractivity contribution in [1.29, 1.82) is 0 Å². The fourth-order valence-electron chi connectivity index (χ4n) is 1.17. The van der Waals surface area contributed by atoms with E-state index in [0.29, 0.717) is 5.56 Å². The Balaban J connectivity index is 2.61. The van der Waals surface area contributed by atoms with Crippen molar-refractivity contribution in [2.45, 2.75) is 6.42 Å². The van der Waals surface area contributed by atoms with Gasteiger partial charge in [-0.05, 0) is 30.2 Å². The maximum absolute atomic E-state index is 12.8. The normalized spacial score (nSPS) is 14.7. The van der Waals surface area contributed by atoms with E-state index in [0.717, 1.165) is 12.0 Å². The summed E-state index contributed by atoms with van der Waals surface area (Å²) in [5, 5.41) is 0. The lowest BCUT2D eigenvalue weighted by Gasteiger charge is -1.94. The molecule has 0 bridgehead atoms. The van der Waals surface area contributed by atoms with Crippen LogP contribution in [0.1, 0.15) is 11.1 Å². The molecule has 1 radical (unpaired) electrons. The molecule has 0 nitrogen and oxygen atoms in total. The van der Waals surface area contributed by atoms with Crippen LogP contribution in [0.3, 0.4) is 0 Å². The van der Waals surface area contributed by atoms with Gasteiger partial charge in [-0.3, -0.25) is 0 Å². The van der Waals surface area contributed by atoms with Crippen LogP contribution in [0.15, 0.2) is 24.3 Å². The summed E-state index contributed by atoms with van der Waals surface area (Å²) in [5.41, 5.74) is 1.78. The highest BCUT2D eigenvalue weighted by Gasteiger charge is 2.11. The fraction of sp³-hybridized carbons (Fsp3) is 0.111. The van der Waals surface area contributed by atoms with Crippen molar-refractivity contribution < 1.29 is 4.39 Å². The summed E-state index contributed by atoms with van der Waals surface area (Å²) < 4.78 is 12.8. The van der Waals surface area contributed by atoms with Gasteiger partial charge in [0, 0.05) is 5.56 Å². The van der Waals surface area contributed by atoms with Crippen LogP contribution in [0.2, 0.25) is 0 Å². The summed E-state index contributed by atoms with van der Waals surface area (Å²) in [6.45, 7) is 0. The molecule has 1 aromatic carbocycles. The summed E-state index contributed by atoms with van der Waals surface area (Å²) >= 11 is 0. The fourth-order valence-corrected chi connectivity index (χ4v) is 1.17. The Hall–Kier alpha value is -1.11. The molecule has 0 aromatic heterocycles. The molecule has 0 N–H and O–H groups in total. The zero-order valence-corrected chi connectivity index (χ0v) is 5.39. The number of benzene rings is 1. The predicted molar refractivity (Wildman–Crippen MR) is 38.1 cm³/mol. The van der Waals surface area contributed by atoms with Crippen LogP contribution in [0.25, 0.3) is 5.83 Å². The Bertz CT molecular complexity index is 287. The smallest absolute Gasteiger partial charge is 0.127 e. The van der Waals surface area contributed by atoms with Crippen molar-refractivity contribution in [1.82, 2.24) is 0 Å². The molecule has 0 unspecified atom stereocenters. The van der Waals surface area contributed by atoms with Gasteiger partial charge in [0.15, 0.2) is 0 Å². The Labute approximate surface area is 59.0 Å². The molecule has 0 aliphatic heterocycles. The van der Waals surface area contributed by atoms with Gasteiger partial charge in [0.1, 0.15) is 5.83 Å². The average Bonchev–Trinajstić information content (AvgIpc) is 2.34. The largest absolute Gasteiger partial charge is 0.207 e. The molecule has 1 aliphatic rings. The predicted octanol–water partition coefficient (Wildman–Crippen LogP) is 2.35. The number of halogens is 1. The van der Waals surface area contributed by atoms with Gasteiger partial charge in [-0.1, -0.05) is 12.1 Å². The van der Waals surface area contributed by atoms with E-state index in [1.807, 2.05) is 12.1 Å². The van der Waals surface area contributed by atoms with Gasteiger partial charge in [-0.25, -0.2) is 4.39 Å². The highest BCUT2D eigenvalue weighted by molar-refractivity contribution is 5.67. The van der Waals surface area contributed by atoms with Crippen LogP contribution < -0.4 is 0 Å². The summed E-state index contributed by atoms with van der Waals surface area (Å²) in [6, 6.07) is 8.24. The summed E-state index contributed by atoms with van der Waals surface area (Å²) in [4.78, 5) is 0. The highest BCUT2D eigenvalue weighted by atomic mass is 19.1. The van der Waals surface area contributed by atoms with Crippen LogP contribution in [-0.4, -0.2) is 0 Å². The first-order valence-electron chi connectivity index (χ1n) is 3.23. The molecule has 0 spiro atoms. The second-order valence-corrected chi connectivity index (χ2v) is 2.34. The van der Waals surface area contributed by atoms with Gasteiger partial charge in [0.05, 0.1) is 0 Å². The molecule has 0 heterocycles. The Morgan fingerprint density at radius 1 is 1.50 bits per heavy atom. The van der Waals surface area contributed by atoms with E-state index in [1.54, 1.807) is 12.1 Å². The van der Waals surface area contributed by atoms with Crippen molar-refractivity contribution in [2.75, 3.05) is 0 Å². The van der Waals surface area contributed by atoms with Crippen molar-refractivity contribution in [2.24, 2.45) is 0 Å². The monoisotopic (exact) mass is 133 g/mol. The Morgan fingerprint density at radius 3 is 3.20 bits per heavy atom. The first-order valence-corrected chi connectivity index (χ1v) is 3.23. The molecule has 0 amide bonds. The van der Waals surface area contributed by atoms with E-state index in [9.17, 15) is 4.39 Å². The lowest BCUT2D eigenvalue weighted by Crippen LogP contribution is -1.79. The summed E-state index contributed by atoms with van der Waals surface area (Å²) in [5.74, 6) is -0.105. The molecule has 1 aromatic rings. The molecule has 1 aliphatic carbocycles. The maximum atomic E-state index is 12.8. The third-order valence-electron chi connectivity index (χ3n) is 1.71. The van der Waals surface area contributed by atoms with Crippen molar-refractivity contribution in [3.63, 3.8) is 0 Å². The van der Waals surface area contributed by atoms with Gasteiger partial charge >= 0.3 is 0 Å². The molecule has 2 rings (SSSR count). The minimum absolute atomic E-state index is 0.105. The van der Waals surface area contributed by atoms with E-state index in [-0.39, 0.29) is 5.83 Å². The van der Waals surface area contributed by atoms with E-state index in [2.05, 4.69) is 6.07 Å². The number of rotatable bonds is 0. The lowest BCUT2D eigenvalue weighted by atomic mass is 10.1. The van der Waals surface area contributed by atoms with Crippen molar-refractivity contribution >= 4 is 5.83 Å². The first-order chi connectivity index (χ1) is 4.88. The van der Waals surface area contributed by atoms with Gasteiger partial charge in [0.25, 0.3) is 0 Å². The van der Waals surface area contributed by atoms with Crippen LogP contribution in [0, 0.1) is 6.07 Å². The molecule has 0 fully saturated rings. The second-order valence-electron chi connectivity index (χ2n) is 2.34. The van der Waals surface area contributed by atoms with Gasteiger partial charge in [-0.15, -0.1) is 0 Å². The van der Waals surface area contributed by atoms with Crippen LogP contribution in [-0.2, 0) is 6.42 Å². The zero-order chi connectivity index (χ0) is 6.97. The first kappa shape index (κ1) is 5.66. The second kappa shape index (κ2) is 1.94. The van der Waals surface area contributed by atoms with Crippen LogP contribution in [0.4, 0.5) is 4.39 Å². The van der Waals surface area contributed by atoms with E-state index in [4.69, 9.17) is 0 Å². The van der Waals surface area contributed by atoms with Gasteiger partial charge in [0.2, 0.25) is 0 Å². The molecule has 1 heteroatoms. The quantitative estimate of drug-likeness (QED) is 0.509. The minimum Gasteiger partial charge on any atom is -0.207 e. The standard InChI is InChI=1S/C9H6F/c10-9-6-5-7-3-1-2-4-8(7)9/h1,3-4,6H,5H2. The van der Waals surface area contributed by atoms with E-state index >= 15 is 0 Å². The average molecular weight is 133 g/mol. The molecule has 10 heavy (non-hydrogen) atoms. The SMILES string of the molecule is FC1=CCc2cc[c]cc21. The molecular weight excluding hydrogens is 127 g/mol. The molecule has 49 valence electrons. The van der Waals surface area contributed by atoms with Crippen LogP contribution >= 0.6 is 0 Å².